The number of aromatic nitrogens is 2. The van der Waals surface area contributed by atoms with Crippen molar-refractivity contribution in [2.75, 3.05) is 17.8 Å². The van der Waals surface area contributed by atoms with Crippen LogP contribution in [0.25, 0.3) is 5.70 Å². The maximum Gasteiger partial charge on any atom is 0.255 e. The molecule has 3 atom stereocenters. The van der Waals surface area contributed by atoms with E-state index in [4.69, 9.17) is 9.94 Å². The van der Waals surface area contributed by atoms with E-state index in [1.807, 2.05) is 36.3 Å². The second kappa shape index (κ2) is 12.0. The second-order valence-electron chi connectivity index (χ2n) is 8.99. The van der Waals surface area contributed by atoms with Crippen molar-refractivity contribution in [1.29, 1.82) is 0 Å². The molecule has 0 aromatic carbocycles. The van der Waals surface area contributed by atoms with E-state index in [2.05, 4.69) is 32.2 Å². The first-order valence-corrected chi connectivity index (χ1v) is 13.8. The largest absolute Gasteiger partial charge is 0.392 e. The Labute approximate surface area is 219 Å². The smallest absolute Gasteiger partial charge is 0.255 e. The number of thioether (sulfide) groups is 1. The van der Waals surface area contributed by atoms with Gasteiger partial charge in [-0.15, -0.1) is 23.1 Å². The zero-order valence-electron chi connectivity index (χ0n) is 20.8. The number of pyridine rings is 1. The summed E-state index contributed by atoms with van der Waals surface area (Å²) in [6.07, 6.45) is 4.66. The number of amides is 1. The molecule has 11 heteroatoms. The average Bonchev–Trinajstić information content (AvgIpc) is 3.36. The number of carbonyl (C=O) groups excluding carboxylic acids is 1. The summed E-state index contributed by atoms with van der Waals surface area (Å²) < 4.78 is 0. The summed E-state index contributed by atoms with van der Waals surface area (Å²) in [7, 11) is 0. The number of anilines is 1. The number of hydrogen-bond acceptors (Lipinski definition) is 10. The van der Waals surface area contributed by atoms with Gasteiger partial charge in [0.25, 0.3) is 5.91 Å². The Morgan fingerprint density at radius 3 is 2.72 bits per heavy atom. The third kappa shape index (κ3) is 6.13. The molecule has 2 N–H and O–H groups in total. The van der Waals surface area contributed by atoms with Crippen LogP contribution in [0, 0.1) is 13.8 Å². The van der Waals surface area contributed by atoms with Crippen LogP contribution in [0.1, 0.15) is 58.5 Å². The van der Waals surface area contributed by atoms with Gasteiger partial charge in [-0.25, -0.2) is 9.97 Å². The number of rotatable bonds is 10. The molecule has 0 aliphatic carbocycles. The molecule has 2 aromatic heterocycles. The van der Waals surface area contributed by atoms with E-state index in [1.54, 1.807) is 36.2 Å². The Morgan fingerprint density at radius 1 is 1.39 bits per heavy atom. The van der Waals surface area contributed by atoms with Crippen molar-refractivity contribution >= 4 is 52.9 Å². The quantitative estimate of drug-likeness (QED) is 0.202. The van der Waals surface area contributed by atoms with Gasteiger partial charge in [0.05, 0.1) is 45.0 Å². The van der Waals surface area contributed by atoms with E-state index in [-0.39, 0.29) is 30.7 Å². The summed E-state index contributed by atoms with van der Waals surface area (Å²) in [5, 5.41) is 19.6. The van der Waals surface area contributed by atoms with Gasteiger partial charge >= 0.3 is 0 Å². The molecule has 2 saturated heterocycles. The molecule has 2 aliphatic heterocycles. The first kappa shape index (κ1) is 26.3. The number of aliphatic imine (C=N–C) groups is 1. The van der Waals surface area contributed by atoms with Crippen molar-refractivity contribution in [2.24, 2.45) is 10.1 Å². The zero-order valence-corrected chi connectivity index (χ0v) is 22.4. The minimum Gasteiger partial charge on any atom is -0.392 e. The van der Waals surface area contributed by atoms with E-state index in [9.17, 15) is 4.79 Å². The summed E-state index contributed by atoms with van der Waals surface area (Å²) in [6, 6.07) is 3.92. The number of nitrogens with zero attached hydrogens (tertiary/aromatic N) is 5. The van der Waals surface area contributed by atoms with Crippen molar-refractivity contribution in [1.82, 2.24) is 14.9 Å². The monoisotopic (exact) mass is 528 g/mol. The molecular weight excluding hydrogens is 496 g/mol. The number of fused-ring (bicyclic) bond motifs is 2. The number of aliphatic hydroxyl groups is 1. The van der Waals surface area contributed by atoms with Gasteiger partial charge in [-0.05, 0) is 57.9 Å². The van der Waals surface area contributed by atoms with Crippen LogP contribution in [0.3, 0.4) is 0 Å². The minimum atomic E-state index is -0.324. The van der Waals surface area contributed by atoms with Crippen LogP contribution < -0.4 is 5.32 Å². The van der Waals surface area contributed by atoms with Crippen molar-refractivity contribution in [3.05, 3.63) is 44.9 Å². The zero-order chi connectivity index (χ0) is 25.7. The number of oxime groups is 1. The lowest BCUT2D eigenvalue weighted by atomic mass is 9.99. The molecule has 9 nitrogen and oxygen atoms in total. The van der Waals surface area contributed by atoms with Gasteiger partial charge in [0.15, 0.2) is 0 Å². The number of piperidine rings is 1. The maximum atomic E-state index is 13.3. The lowest BCUT2D eigenvalue weighted by Crippen LogP contribution is -2.47. The van der Waals surface area contributed by atoms with Crippen LogP contribution >= 0.6 is 23.1 Å². The molecule has 1 unspecified atom stereocenters. The Kier molecular flexibility index (Phi) is 8.76. The molecular formula is C25H32N6O3S2. The standard InChI is InChI=1S/C25H32N6O3S2/c1-15(12-32)34-30-19-9-20-6-7-21(10-19)31(20)25(33)18-5-8-23(27-11-18)28-14-35-13-22(26-4)24-16(2)29-17(3)36-24/h5,8,11,13,15,20-21,32H,4,6-7,9-10,12,14H2,1-3H3,(H,27,28)/b22-13-,30-19?/t15?,20-,21+. The molecule has 2 aromatic rings. The summed E-state index contributed by atoms with van der Waals surface area (Å²) in [4.78, 5) is 34.7. The van der Waals surface area contributed by atoms with Gasteiger partial charge in [-0.1, -0.05) is 5.16 Å². The highest BCUT2D eigenvalue weighted by Gasteiger charge is 2.42. The summed E-state index contributed by atoms with van der Waals surface area (Å²) >= 11 is 3.17. The lowest BCUT2D eigenvalue weighted by Gasteiger charge is -2.35. The molecule has 1 amide bonds. The highest BCUT2D eigenvalue weighted by molar-refractivity contribution is 8.02. The molecule has 0 saturated carbocycles. The minimum absolute atomic E-state index is 0.0134. The topological polar surface area (TPSA) is 112 Å². The van der Waals surface area contributed by atoms with E-state index in [0.717, 1.165) is 39.8 Å². The second-order valence-corrected chi connectivity index (χ2v) is 11.1. The van der Waals surface area contributed by atoms with Crippen LogP contribution in [-0.4, -0.2) is 69.0 Å². The number of aliphatic hydroxyl groups excluding tert-OH is 1. The van der Waals surface area contributed by atoms with Gasteiger partial charge < -0.3 is 20.2 Å². The first-order valence-electron chi connectivity index (χ1n) is 12.0. The van der Waals surface area contributed by atoms with Gasteiger partial charge in [0.2, 0.25) is 0 Å². The molecule has 192 valence electrons. The predicted molar refractivity (Wildman–Crippen MR) is 147 cm³/mol. The van der Waals surface area contributed by atoms with Crippen LogP contribution in [0.2, 0.25) is 0 Å². The molecule has 36 heavy (non-hydrogen) atoms. The van der Waals surface area contributed by atoms with E-state index < -0.39 is 0 Å². The molecule has 2 aliphatic rings. The van der Waals surface area contributed by atoms with Crippen LogP contribution in [0.4, 0.5) is 5.82 Å². The maximum absolute atomic E-state index is 13.3. The van der Waals surface area contributed by atoms with Gasteiger partial charge in [0.1, 0.15) is 11.9 Å². The molecule has 0 radical (unpaired) electrons. The highest BCUT2D eigenvalue weighted by Crippen LogP contribution is 2.36. The Hall–Kier alpha value is -2.76. The molecule has 4 heterocycles. The average molecular weight is 529 g/mol. The predicted octanol–water partition coefficient (Wildman–Crippen LogP) is 4.48. The first-order chi connectivity index (χ1) is 17.4. The van der Waals surface area contributed by atoms with Crippen LogP contribution in [0.15, 0.2) is 33.9 Å². The fourth-order valence-electron chi connectivity index (χ4n) is 4.54. The molecule has 2 fully saturated rings. The fourth-order valence-corrected chi connectivity index (χ4v) is 6.17. The number of nitrogens with one attached hydrogen (secondary N) is 1. The van der Waals surface area contributed by atoms with E-state index >= 15 is 0 Å². The van der Waals surface area contributed by atoms with E-state index in [1.165, 1.54) is 0 Å². The number of carbonyl (C=O) groups is 1. The van der Waals surface area contributed by atoms with E-state index in [0.29, 0.717) is 30.1 Å². The summed E-state index contributed by atoms with van der Waals surface area (Å²) in [5.74, 6) is 1.32. The Morgan fingerprint density at radius 2 is 2.14 bits per heavy atom. The molecule has 4 rings (SSSR count). The Balaban J connectivity index is 1.31. The SMILES string of the molecule is C=N/C(=C\SCNc1ccc(C(=O)N2[C@@H]3CC[C@H]2CC(=NOC(C)CO)C3)cn1)c1sc(C)nc1C. The fraction of sp³-hybridized carbons (Fsp3) is 0.480. The summed E-state index contributed by atoms with van der Waals surface area (Å²) in [6.45, 7) is 9.35. The molecule has 0 spiro atoms. The van der Waals surface area contributed by atoms with Gasteiger partial charge in [-0.2, -0.15) is 0 Å². The summed E-state index contributed by atoms with van der Waals surface area (Å²) in [5.41, 5.74) is 3.33. The highest BCUT2D eigenvalue weighted by atomic mass is 32.2. The number of aryl methyl sites for hydroxylation is 2. The normalized spacial score (nSPS) is 21.5. The van der Waals surface area contributed by atoms with Crippen molar-refractivity contribution in [2.45, 2.75) is 64.6 Å². The molecule has 2 bridgehead atoms. The van der Waals surface area contributed by atoms with Crippen molar-refractivity contribution in [3.8, 4) is 0 Å². The van der Waals surface area contributed by atoms with Gasteiger partial charge in [0, 0.05) is 31.1 Å². The Bertz CT molecular complexity index is 1130. The third-order valence-electron chi connectivity index (χ3n) is 6.26. The van der Waals surface area contributed by atoms with Crippen molar-refractivity contribution in [3.63, 3.8) is 0 Å². The third-order valence-corrected chi connectivity index (χ3v) is 8.06. The van der Waals surface area contributed by atoms with Crippen LogP contribution in [-0.2, 0) is 4.84 Å². The van der Waals surface area contributed by atoms with Gasteiger partial charge in [-0.3, -0.25) is 9.79 Å². The lowest BCUT2D eigenvalue weighted by molar-refractivity contribution is 0.0268. The van der Waals surface area contributed by atoms with Crippen LogP contribution in [0.5, 0.6) is 0 Å². The number of hydrogen-bond donors (Lipinski definition) is 2. The van der Waals surface area contributed by atoms with Crippen molar-refractivity contribution < 1.29 is 14.7 Å². The number of thiazole rings is 1.